The van der Waals surface area contributed by atoms with Crippen LogP contribution in [0.4, 0.5) is 5.69 Å². The average Bonchev–Trinajstić information content (AvgIpc) is 2.70. The van der Waals surface area contributed by atoms with Crippen LogP contribution in [0.5, 0.6) is 0 Å². The van der Waals surface area contributed by atoms with Gasteiger partial charge in [0.25, 0.3) is 15.9 Å². The van der Waals surface area contributed by atoms with Crippen LogP contribution >= 0.6 is 11.6 Å². The Hall–Kier alpha value is -2.58. The highest BCUT2D eigenvalue weighted by atomic mass is 35.5. The van der Waals surface area contributed by atoms with Gasteiger partial charge in [-0.05, 0) is 68.1 Å². The monoisotopic (exact) mass is 463 g/mol. The van der Waals surface area contributed by atoms with E-state index in [1.807, 2.05) is 19.9 Å². The zero-order chi connectivity index (χ0) is 22.8. The van der Waals surface area contributed by atoms with Gasteiger partial charge in [-0.25, -0.2) is 8.42 Å². The molecule has 2 aromatic rings. The van der Waals surface area contributed by atoms with Crippen LogP contribution in [0.2, 0.25) is 5.02 Å². The number of carbonyl (C=O) groups excluding carboxylic acids is 2. The van der Waals surface area contributed by atoms with Crippen molar-refractivity contribution in [3.05, 3.63) is 58.1 Å². The highest BCUT2D eigenvalue weighted by Gasteiger charge is 2.26. The summed E-state index contributed by atoms with van der Waals surface area (Å²) in [5, 5.41) is 3.05. The van der Waals surface area contributed by atoms with Crippen molar-refractivity contribution in [2.75, 3.05) is 17.8 Å². The molecule has 1 saturated heterocycles. The van der Waals surface area contributed by atoms with Gasteiger partial charge in [0.05, 0.1) is 15.5 Å². The molecule has 2 amide bonds. The van der Waals surface area contributed by atoms with E-state index in [0.29, 0.717) is 31.6 Å². The van der Waals surface area contributed by atoms with Gasteiger partial charge in [-0.15, -0.1) is 0 Å². The van der Waals surface area contributed by atoms with E-state index in [0.717, 1.165) is 11.1 Å². The third-order valence-corrected chi connectivity index (χ3v) is 7.14. The van der Waals surface area contributed by atoms with Crippen molar-refractivity contribution in [1.29, 1.82) is 0 Å². The van der Waals surface area contributed by atoms with Crippen molar-refractivity contribution in [3.8, 4) is 0 Å². The number of hydrogen-bond donors (Lipinski definition) is 2. The Bertz CT molecular complexity index is 1110. The molecule has 0 saturated carbocycles. The summed E-state index contributed by atoms with van der Waals surface area (Å²) >= 11 is 6.24. The highest BCUT2D eigenvalue weighted by Crippen LogP contribution is 2.25. The Morgan fingerprint density at radius 2 is 1.71 bits per heavy atom. The number of halogens is 1. The Morgan fingerprint density at radius 3 is 2.32 bits per heavy atom. The van der Waals surface area contributed by atoms with Gasteiger partial charge in [-0.3, -0.25) is 14.3 Å². The molecular weight excluding hydrogens is 438 g/mol. The van der Waals surface area contributed by atoms with Crippen molar-refractivity contribution in [2.24, 2.45) is 0 Å². The maximum atomic E-state index is 13.0. The van der Waals surface area contributed by atoms with E-state index in [4.69, 9.17) is 11.6 Å². The van der Waals surface area contributed by atoms with Gasteiger partial charge < -0.3 is 10.2 Å². The van der Waals surface area contributed by atoms with Gasteiger partial charge in [0, 0.05) is 31.7 Å². The molecule has 7 nitrogen and oxygen atoms in total. The Kier molecular flexibility index (Phi) is 6.91. The Balaban J connectivity index is 1.78. The lowest BCUT2D eigenvalue weighted by molar-refractivity contribution is -0.119. The van der Waals surface area contributed by atoms with Crippen molar-refractivity contribution in [1.82, 2.24) is 10.2 Å². The number of nitrogens with one attached hydrogen (secondary N) is 2. The second kappa shape index (κ2) is 9.28. The normalized spacial score (nSPS) is 14.9. The number of anilines is 1. The zero-order valence-electron chi connectivity index (χ0n) is 17.7. The van der Waals surface area contributed by atoms with Gasteiger partial charge in [-0.2, -0.15) is 0 Å². The fraction of sp³-hybridized carbons (Fsp3) is 0.364. The summed E-state index contributed by atoms with van der Waals surface area (Å²) in [6.45, 7) is 6.23. The second-order valence-electron chi connectivity index (χ2n) is 7.81. The van der Waals surface area contributed by atoms with Gasteiger partial charge in [0.2, 0.25) is 5.91 Å². The summed E-state index contributed by atoms with van der Waals surface area (Å²) in [4.78, 5) is 25.8. The van der Waals surface area contributed by atoms with Crippen LogP contribution in [0.25, 0.3) is 0 Å². The molecule has 0 spiro atoms. The fourth-order valence-corrected chi connectivity index (χ4v) is 4.81. The molecule has 31 heavy (non-hydrogen) atoms. The number of benzene rings is 2. The third kappa shape index (κ3) is 5.57. The minimum Gasteiger partial charge on any atom is -0.353 e. The zero-order valence-corrected chi connectivity index (χ0v) is 19.3. The molecule has 1 heterocycles. The molecular formula is C22H26ClN3O4S. The highest BCUT2D eigenvalue weighted by molar-refractivity contribution is 7.92. The SMILES string of the molecule is CC(=O)NC1CCN(C(=O)c2cc(S(=O)(=O)Nc3ccc(C)c(C)c3)ccc2Cl)CC1. The molecule has 1 aliphatic heterocycles. The van der Waals surface area contributed by atoms with E-state index in [2.05, 4.69) is 10.0 Å². The van der Waals surface area contributed by atoms with E-state index in [-0.39, 0.29) is 33.3 Å². The number of piperidine rings is 1. The number of carbonyl (C=O) groups is 2. The van der Waals surface area contributed by atoms with Crippen molar-refractivity contribution >= 4 is 39.1 Å². The molecule has 0 radical (unpaired) electrons. The molecule has 0 unspecified atom stereocenters. The van der Waals surface area contributed by atoms with Gasteiger partial charge in [0.1, 0.15) is 0 Å². The van der Waals surface area contributed by atoms with Gasteiger partial charge in [0.15, 0.2) is 0 Å². The fourth-order valence-electron chi connectivity index (χ4n) is 3.54. The van der Waals surface area contributed by atoms with Crippen LogP contribution in [-0.4, -0.2) is 44.3 Å². The van der Waals surface area contributed by atoms with Crippen LogP contribution in [0.15, 0.2) is 41.3 Å². The maximum Gasteiger partial charge on any atom is 0.261 e. The van der Waals surface area contributed by atoms with Crippen LogP contribution < -0.4 is 10.0 Å². The molecule has 166 valence electrons. The first-order valence-electron chi connectivity index (χ1n) is 10.0. The molecule has 0 atom stereocenters. The lowest BCUT2D eigenvalue weighted by atomic mass is 10.0. The number of rotatable bonds is 5. The maximum absolute atomic E-state index is 13.0. The minimum absolute atomic E-state index is 0.0332. The molecule has 2 aromatic carbocycles. The molecule has 1 fully saturated rings. The first-order chi connectivity index (χ1) is 14.6. The summed E-state index contributed by atoms with van der Waals surface area (Å²) in [7, 11) is -3.90. The largest absolute Gasteiger partial charge is 0.353 e. The quantitative estimate of drug-likeness (QED) is 0.709. The predicted molar refractivity (Wildman–Crippen MR) is 121 cm³/mol. The summed E-state index contributed by atoms with van der Waals surface area (Å²) in [6, 6.07) is 9.45. The van der Waals surface area contributed by atoms with E-state index < -0.39 is 10.0 Å². The molecule has 3 rings (SSSR count). The second-order valence-corrected chi connectivity index (χ2v) is 9.90. The van der Waals surface area contributed by atoms with Crippen LogP contribution in [0.1, 0.15) is 41.3 Å². The van der Waals surface area contributed by atoms with Crippen molar-refractivity contribution in [2.45, 2.75) is 44.6 Å². The predicted octanol–water partition coefficient (Wildman–Crippen LogP) is 3.50. The standard InChI is InChI=1S/C22H26ClN3O4S/c1-14-4-5-18(12-15(14)2)25-31(29,30)19-6-7-21(23)20(13-19)22(28)26-10-8-17(9-11-26)24-16(3)27/h4-7,12-13,17,25H,8-11H2,1-3H3,(H,24,27). The molecule has 1 aliphatic rings. The third-order valence-electron chi connectivity index (χ3n) is 5.43. The van der Waals surface area contributed by atoms with E-state index in [1.54, 1.807) is 17.0 Å². The molecule has 2 N–H and O–H groups in total. The molecule has 0 bridgehead atoms. The number of sulfonamides is 1. The van der Waals surface area contributed by atoms with Crippen LogP contribution in [0, 0.1) is 13.8 Å². The van der Waals surface area contributed by atoms with Crippen LogP contribution in [0.3, 0.4) is 0 Å². The lowest BCUT2D eigenvalue weighted by Crippen LogP contribution is -2.46. The summed E-state index contributed by atoms with van der Waals surface area (Å²) in [5.74, 6) is -0.420. The smallest absolute Gasteiger partial charge is 0.261 e. The van der Waals surface area contributed by atoms with E-state index >= 15 is 0 Å². The topological polar surface area (TPSA) is 95.6 Å². The van der Waals surface area contributed by atoms with Crippen molar-refractivity contribution in [3.63, 3.8) is 0 Å². The first-order valence-corrected chi connectivity index (χ1v) is 11.9. The number of amides is 2. The number of nitrogens with zero attached hydrogens (tertiary/aromatic N) is 1. The molecule has 0 aliphatic carbocycles. The summed E-state index contributed by atoms with van der Waals surface area (Å²) in [5.41, 5.74) is 2.62. The number of likely N-dealkylation sites (tertiary alicyclic amines) is 1. The van der Waals surface area contributed by atoms with Crippen LogP contribution in [-0.2, 0) is 14.8 Å². The van der Waals surface area contributed by atoms with E-state index in [1.165, 1.54) is 25.1 Å². The number of hydrogen-bond acceptors (Lipinski definition) is 4. The Labute approximate surface area is 187 Å². The number of aryl methyl sites for hydroxylation is 2. The van der Waals surface area contributed by atoms with Crippen molar-refractivity contribution < 1.29 is 18.0 Å². The van der Waals surface area contributed by atoms with Gasteiger partial charge >= 0.3 is 0 Å². The lowest BCUT2D eigenvalue weighted by Gasteiger charge is -2.32. The summed E-state index contributed by atoms with van der Waals surface area (Å²) < 4.78 is 28.3. The van der Waals surface area contributed by atoms with E-state index in [9.17, 15) is 18.0 Å². The summed E-state index contributed by atoms with van der Waals surface area (Å²) in [6.07, 6.45) is 1.27. The molecule has 9 heteroatoms. The van der Waals surface area contributed by atoms with Gasteiger partial charge in [-0.1, -0.05) is 17.7 Å². The average molecular weight is 464 g/mol. The minimum atomic E-state index is -3.90. The Morgan fingerprint density at radius 1 is 1.03 bits per heavy atom. The first kappa shape index (κ1) is 23.1. The molecule has 0 aromatic heterocycles.